The van der Waals surface area contributed by atoms with Crippen molar-refractivity contribution in [2.75, 3.05) is 19.0 Å². The highest BCUT2D eigenvalue weighted by Crippen LogP contribution is 2.26. The Kier molecular flexibility index (Phi) is 8.82. The van der Waals surface area contributed by atoms with Gasteiger partial charge in [0.2, 0.25) is 5.91 Å². The van der Waals surface area contributed by atoms with E-state index >= 15 is 0 Å². The quantitative estimate of drug-likeness (QED) is 0.314. The first kappa shape index (κ1) is 26.4. The minimum atomic E-state index is -0.911. The van der Waals surface area contributed by atoms with Gasteiger partial charge in [0, 0.05) is 16.6 Å². The highest BCUT2D eigenvalue weighted by molar-refractivity contribution is 7.13. The summed E-state index contributed by atoms with van der Waals surface area (Å²) in [6, 6.07) is 6.87. The zero-order valence-corrected chi connectivity index (χ0v) is 20.0. The average molecular weight is 487 g/mol. The number of nitrogens with one attached hydrogen (secondary N) is 3. The van der Waals surface area contributed by atoms with Gasteiger partial charge in [-0.2, -0.15) is 0 Å². The Morgan fingerprint density at radius 2 is 1.82 bits per heavy atom. The summed E-state index contributed by atoms with van der Waals surface area (Å²) in [5, 5.41) is 18.8. The number of rotatable bonds is 9. The lowest BCUT2D eigenvalue weighted by molar-refractivity contribution is -0.137. The summed E-state index contributed by atoms with van der Waals surface area (Å²) in [4.78, 5) is 52.7. The molecule has 0 saturated carbocycles. The molecule has 180 valence electrons. The number of thiazole rings is 1. The maximum absolute atomic E-state index is 12.6. The summed E-state index contributed by atoms with van der Waals surface area (Å²) in [6.07, 6.45) is 1.37. The molecule has 0 fully saturated rings. The van der Waals surface area contributed by atoms with E-state index in [1.54, 1.807) is 50.4 Å². The van der Waals surface area contributed by atoms with E-state index in [1.807, 2.05) is 0 Å². The van der Waals surface area contributed by atoms with Crippen molar-refractivity contribution in [3.63, 3.8) is 0 Å². The summed E-state index contributed by atoms with van der Waals surface area (Å²) in [7, 11) is 1.15. The third-order valence-corrected chi connectivity index (χ3v) is 5.51. The van der Waals surface area contributed by atoms with Gasteiger partial charge >= 0.3 is 5.97 Å². The first-order chi connectivity index (χ1) is 16.0. The molecule has 0 aliphatic carbocycles. The molecule has 2 rings (SSSR count). The van der Waals surface area contributed by atoms with Crippen molar-refractivity contribution in [1.29, 1.82) is 0 Å². The van der Waals surface area contributed by atoms with Gasteiger partial charge in [0.25, 0.3) is 11.8 Å². The predicted molar refractivity (Wildman–Crippen MR) is 128 cm³/mol. The Morgan fingerprint density at radius 3 is 2.38 bits per heavy atom. The third kappa shape index (κ3) is 6.59. The normalized spacial score (nSPS) is 11.4. The standard InChI is InChI=1S/C23H26N4O6S/c1-6-16(18(29)24-13(2)21(31)33-5)26-19(30)17-11-34-20(27-17)14-7-9-15(10-8-14)25-22(32)23(3,4)12-28/h6-11,28H,2,12H2,1,3-5H3,(H,24,29)(H,25,32)(H,26,30)/b16-6+. The minimum Gasteiger partial charge on any atom is -0.464 e. The maximum atomic E-state index is 12.6. The molecule has 1 aromatic carbocycles. The molecule has 0 aliphatic rings. The number of nitrogens with zero attached hydrogens (tertiary/aromatic N) is 1. The largest absolute Gasteiger partial charge is 0.464 e. The maximum Gasteiger partial charge on any atom is 0.353 e. The van der Waals surface area contributed by atoms with Gasteiger partial charge in [0.05, 0.1) is 19.1 Å². The Balaban J connectivity index is 2.06. The number of benzene rings is 1. The molecule has 0 spiro atoms. The number of amides is 3. The van der Waals surface area contributed by atoms with Gasteiger partial charge < -0.3 is 25.8 Å². The first-order valence-electron chi connectivity index (χ1n) is 10.1. The van der Waals surface area contributed by atoms with E-state index in [9.17, 15) is 24.3 Å². The van der Waals surface area contributed by atoms with E-state index in [1.165, 1.54) is 17.4 Å². The zero-order valence-electron chi connectivity index (χ0n) is 19.2. The highest BCUT2D eigenvalue weighted by Gasteiger charge is 2.26. The van der Waals surface area contributed by atoms with E-state index in [4.69, 9.17) is 0 Å². The van der Waals surface area contributed by atoms with Crippen LogP contribution in [0.15, 0.2) is 53.7 Å². The van der Waals surface area contributed by atoms with Crippen molar-refractivity contribution >= 4 is 40.7 Å². The number of methoxy groups -OCH3 is 1. The number of carbonyl (C=O) groups excluding carboxylic acids is 4. The molecule has 11 heteroatoms. The Morgan fingerprint density at radius 1 is 1.18 bits per heavy atom. The zero-order chi connectivity index (χ0) is 25.5. The fourth-order valence-corrected chi connectivity index (χ4v) is 3.21. The van der Waals surface area contributed by atoms with E-state index < -0.39 is 23.2 Å². The van der Waals surface area contributed by atoms with Crippen molar-refractivity contribution in [1.82, 2.24) is 15.6 Å². The summed E-state index contributed by atoms with van der Waals surface area (Å²) in [5.41, 5.74) is 0.114. The van der Waals surface area contributed by atoms with Crippen molar-refractivity contribution in [3.05, 3.63) is 59.4 Å². The average Bonchev–Trinajstić information content (AvgIpc) is 3.32. The second-order valence-electron chi connectivity index (χ2n) is 7.69. The van der Waals surface area contributed by atoms with E-state index in [-0.39, 0.29) is 29.6 Å². The molecule has 1 heterocycles. The minimum absolute atomic E-state index is 0.0875. The molecule has 0 saturated heterocycles. The molecular weight excluding hydrogens is 460 g/mol. The van der Waals surface area contributed by atoms with Crippen LogP contribution in [0.5, 0.6) is 0 Å². The van der Waals surface area contributed by atoms with Crippen LogP contribution in [0.2, 0.25) is 0 Å². The second kappa shape index (κ2) is 11.3. The van der Waals surface area contributed by atoms with Crippen molar-refractivity contribution < 1.29 is 29.0 Å². The summed E-state index contributed by atoms with van der Waals surface area (Å²) in [6.45, 7) is 7.94. The lowest BCUT2D eigenvalue weighted by Crippen LogP contribution is -2.36. The summed E-state index contributed by atoms with van der Waals surface area (Å²) >= 11 is 1.23. The number of ether oxygens (including phenoxy) is 1. The molecule has 0 aliphatic heterocycles. The van der Waals surface area contributed by atoms with Crippen molar-refractivity contribution in [3.8, 4) is 10.6 Å². The van der Waals surface area contributed by atoms with Crippen LogP contribution in [0.4, 0.5) is 5.69 Å². The lowest BCUT2D eigenvalue weighted by atomic mass is 9.93. The van der Waals surface area contributed by atoms with E-state index in [2.05, 4.69) is 32.3 Å². The van der Waals surface area contributed by atoms with Gasteiger partial charge in [-0.15, -0.1) is 11.3 Å². The van der Waals surface area contributed by atoms with Crippen LogP contribution in [-0.4, -0.2) is 47.5 Å². The lowest BCUT2D eigenvalue weighted by Gasteiger charge is -2.20. The number of allylic oxidation sites excluding steroid dienone is 1. The number of hydrogen-bond donors (Lipinski definition) is 4. The molecule has 2 aromatic rings. The summed E-state index contributed by atoms with van der Waals surface area (Å²) in [5.74, 6) is -2.45. The number of carbonyl (C=O) groups is 4. The van der Waals surface area contributed by atoms with Crippen LogP contribution in [0.3, 0.4) is 0 Å². The smallest absolute Gasteiger partial charge is 0.353 e. The van der Waals surface area contributed by atoms with Crippen LogP contribution < -0.4 is 16.0 Å². The van der Waals surface area contributed by atoms with Crippen LogP contribution in [0.25, 0.3) is 10.6 Å². The Bertz CT molecular complexity index is 1130. The number of aromatic nitrogens is 1. The monoisotopic (exact) mass is 486 g/mol. The first-order valence-corrected chi connectivity index (χ1v) is 10.9. The molecule has 1 aromatic heterocycles. The van der Waals surface area contributed by atoms with Gasteiger partial charge in [-0.05, 0) is 45.0 Å². The van der Waals surface area contributed by atoms with Crippen LogP contribution in [0, 0.1) is 5.41 Å². The van der Waals surface area contributed by atoms with Crippen molar-refractivity contribution in [2.45, 2.75) is 20.8 Å². The SMILES string of the molecule is C=C(NC(=O)/C(=C\C)NC(=O)c1csc(-c2ccc(NC(=O)C(C)(C)CO)cc2)n1)C(=O)OC. The molecule has 3 amide bonds. The predicted octanol–water partition coefficient (Wildman–Crippen LogP) is 2.20. The van der Waals surface area contributed by atoms with E-state index in [0.29, 0.717) is 10.7 Å². The topological polar surface area (TPSA) is 147 Å². The van der Waals surface area contributed by atoms with Gasteiger partial charge in [-0.25, -0.2) is 9.78 Å². The summed E-state index contributed by atoms with van der Waals surface area (Å²) < 4.78 is 4.47. The number of aliphatic hydroxyl groups excluding tert-OH is 1. The Hall–Kier alpha value is -3.83. The second-order valence-corrected chi connectivity index (χ2v) is 8.55. The van der Waals surface area contributed by atoms with Crippen LogP contribution in [0.1, 0.15) is 31.3 Å². The van der Waals surface area contributed by atoms with Gasteiger partial charge in [0.1, 0.15) is 22.1 Å². The highest BCUT2D eigenvalue weighted by atomic mass is 32.1. The van der Waals surface area contributed by atoms with Gasteiger partial charge in [0.15, 0.2) is 0 Å². The molecule has 0 atom stereocenters. The number of hydrogen-bond acceptors (Lipinski definition) is 8. The molecule has 0 bridgehead atoms. The fourth-order valence-electron chi connectivity index (χ4n) is 2.40. The third-order valence-electron chi connectivity index (χ3n) is 4.61. The fraction of sp³-hybridized carbons (Fsp3) is 0.261. The molecular formula is C23H26N4O6S. The number of esters is 1. The molecule has 0 radical (unpaired) electrons. The van der Waals surface area contributed by atoms with Crippen LogP contribution in [-0.2, 0) is 19.1 Å². The molecule has 10 nitrogen and oxygen atoms in total. The number of anilines is 1. The molecule has 0 unspecified atom stereocenters. The van der Waals surface area contributed by atoms with Gasteiger partial charge in [-0.3, -0.25) is 14.4 Å². The van der Waals surface area contributed by atoms with Crippen molar-refractivity contribution in [2.24, 2.45) is 5.41 Å². The van der Waals surface area contributed by atoms with Crippen LogP contribution >= 0.6 is 11.3 Å². The van der Waals surface area contributed by atoms with Gasteiger partial charge in [-0.1, -0.05) is 12.7 Å². The van der Waals surface area contributed by atoms with E-state index in [0.717, 1.165) is 12.7 Å². The molecule has 34 heavy (non-hydrogen) atoms. The number of aliphatic hydroxyl groups is 1. The Labute approximate surface area is 200 Å². The molecule has 4 N–H and O–H groups in total.